The first-order valence-electron chi connectivity index (χ1n) is 6.52. The van der Waals surface area contributed by atoms with Gasteiger partial charge in [-0.2, -0.15) is 0 Å². The lowest BCUT2D eigenvalue weighted by atomic mass is 9.96. The lowest BCUT2D eigenvalue weighted by Gasteiger charge is -2.31. The zero-order valence-corrected chi connectivity index (χ0v) is 12.6. The van der Waals surface area contributed by atoms with Gasteiger partial charge in [0, 0.05) is 17.0 Å². The Morgan fingerprint density at radius 1 is 1.37 bits per heavy atom. The largest absolute Gasteiger partial charge is 0.369 e. The maximum absolute atomic E-state index is 5.96. The van der Waals surface area contributed by atoms with Crippen LogP contribution in [0.3, 0.4) is 0 Å². The first kappa shape index (κ1) is 13.1. The normalized spacial score (nSPS) is 22.3. The van der Waals surface area contributed by atoms with E-state index in [-0.39, 0.29) is 5.60 Å². The Morgan fingerprint density at radius 2 is 2.11 bits per heavy atom. The molecule has 0 spiro atoms. The summed E-state index contributed by atoms with van der Waals surface area (Å²) in [7, 11) is 0. The summed E-state index contributed by atoms with van der Waals surface area (Å²) in [5, 5.41) is 1.82. The molecule has 0 saturated heterocycles. The molecule has 19 heavy (non-hydrogen) atoms. The van der Waals surface area contributed by atoms with Gasteiger partial charge in [0.2, 0.25) is 0 Å². The van der Waals surface area contributed by atoms with E-state index >= 15 is 0 Å². The fourth-order valence-electron chi connectivity index (χ4n) is 2.35. The lowest BCUT2D eigenvalue weighted by Crippen LogP contribution is -2.30. The summed E-state index contributed by atoms with van der Waals surface area (Å²) in [6, 6.07) is 7.87. The van der Waals surface area contributed by atoms with Crippen molar-refractivity contribution in [2.45, 2.75) is 32.3 Å². The monoisotopic (exact) mass is 293 g/mol. The highest BCUT2D eigenvalue weighted by Crippen LogP contribution is 2.41. The number of aromatic nitrogens is 1. The summed E-state index contributed by atoms with van der Waals surface area (Å²) in [6.45, 7) is 5.09. The van der Waals surface area contributed by atoms with Crippen molar-refractivity contribution in [3.63, 3.8) is 0 Å². The second-order valence-corrected chi connectivity index (χ2v) is 6.42. The summed E-state index contributed by atoms with van der Waals surface area (Å²) in [4.78, 5) is 6.07. The quantitative estimate of drug-likeness (QED) is 0.803. The van der Waals surface area contributed by atoms with E-state index < -0.39 is 0 Å². The van der Waals surface area contributed by atoms with E-state index in [0.717, 1.165) is 35.0 Å². The van der Waals surface area contributed by atoms with Gasteiger partial charge in [-0.05, 0) is 25.5 Å². The van der Waals surface area contributed by atoms with Gasteiger partial charge >= 0.3 is 0 Å². The highest BCUT2D eigenvalue weighted by atomic mass is 35.5. The van der Waals surface area contributed by atoms with Crippen molar-refractivity contribution in [3.8, 4) is 10.6 Å². The smallest absolute Gasteiger partial charge is 0.123 e. The van der Waals surface area contributed by atoms with E-state index in [9.17, 15) is 0 Å². The molecule has 2 nitrogen and oxygen atoms in total. The Hall–Kier alpha value is -0.900. The van der Waals surface area contributed by atoms with E-state index in [1.54, 1.807) is 11.3 Å². The molecule has 1 aliphatic rings. The molecule has 1 aliphatic heterocycles. The maximum atomic E-state index is 5.96. The van der Waals surface area contributed by atoms with Crippen LogP contribution in [0.4, 0.5) is 0 Å². The van der Waals surface area contributed by atoms with Crippen LogP contribution in [-0.2, 0) is 16.8 Å². The minimum absolute atomic E-state index is 0.171. The first-order valence-corrected chi connectivity index (χ1v) is 7.72. The number of rotatable bonds is 2. The van der Waals surface area contributed by atoms with Crippen molar-refractivity contribution in [2.24, 2.45) is 0 Å². The maximum Gasteiger partial charge on any atom is 0.123 e. The van der Waals surface area contributed by atoms with Crippen molar-refractivity contribution < 1.29 is 4.74 Å². The molecule has 0 radical (unpaired) electrons. The van der Waals surface area contributed by atoms with Crippen molar-refractivity contribution in [1.29, 1.82) is 0 Å². The molecular weight excluding hydrogens is 278 g/mol. The van der Waals surface area contributed by atoms with Gasteiger partial charge in [0.15, 0.2) is 0 Å². The molecule has 0 fully saturated rings. The second-order valence-electron chi connectivity index (χ2n) is 4.98. The number of hydrogen-bond acceptors (Lipinski definition) is 3. The fraction of sp³-hybridized carbons (Fsp3) is 0.400. The Balaban J connectivity index is 2.04. The van der Waals surface area contributed by atoms with Crippen molar-refractivity contribution in [2.75, 3.05) is 6.61 Å². The molecule has 100 valence electrons. The molecule has 2 heterocycles. The molecule has 0 amide bonds. The first-order chi connectivity index (χ1) is 9.12. The van der Waals surface area contributed by atoms with Crippen molar-refractivity contribution >= 4 is 22.9 Å². The molecule has 3 rings (SSSR count). The molecule has 2 aromatic rings. The Labute approximate surface area is 122 Å². The average Bonchev–Trinajstić information content (AvgIpc) is 2.85. The van der Waals surface area contributed by atoms with E-state index in [1.165, 1.54) is 10.6 Å². The van der Waals surface area contributed by atoms with E-state index in [2.05, 4.69) is 13.8 Å². The third kappa shape index (κ3) is 2.31. The van der Waals surface area contributed by atoms with Crippen LogP contribution < -0.4 is 0 Å². The van der Waals surface area contributed by atoms with Gasteiger partial charge < -0.3 is 4.74 Å². The van der Waals surface area contributed by atoms with Crippen LogP contribution in [0, 0.1) is 0 Å². The molecule has 0 aliphatic carbocycles. The van der Waals surface area contributed by atoms with Crippen LogP contribution >= 0.6 is 22.9 Å². The molecule has 1 aromatic heterocycles. The molecule has 1 atom stereocenters. The minimum Gasteiger partial charge on any atom is -0.369 e. The molecule has 4 heteroatoms. The van der Waals surface area contributed by atoms with Gasteiger partial charge in [0.25, 0.3) is 0 Å². The third-order valence-electron chi connectivity index (χ3n) is 3.70. The van der Waals surface area contributed by atoms with Crippen LogP contribution in [0.25, 0.3) is 10.6 Å². The molecule has 1 unspecified atom stereocenters. The van der Waals surface area contributed by atoms with Gasteiger partial charge in [0.05, 0.1) is 17.2 Å². The zero-order chi connectivity index (χ0) is 13.5. The van der Waals surface area contributed by atoms with Crippen molar-refractivity contribution in [1.82, 2.24) is 4.98 Å². The van der Waals surface area contributed by atoms with Crippen LogP contribution in [0.2, 0.25) is 5.02 Å². The number of benzene rings is 1. The Morgan fingerprint density at radius 3 is 2.79 bits per heavy atom. The zero-order valence-electron chi connectivity index (χ0n) is 11.1. The SMILES string of the molecule is CCC1(C)OCCc2nc(-c3ccc(Cl)cc3)sc21. The minimum atomic E-state index is -0.171. The van der Waals surface area contributed by atoms with Crippen LogP contribution in [0.1, 0.15) is 30.8 Å². The molecule has 0 N–H and O–H groups in total. The number of fused-ring (bicyclic) bond motifs is 1. The highest BCUT2D eigenvalue weighted by Gasteiger charge is 2.34. The van der Waals surface area contributed by atoms with E-state index in [4.69, 9.17) is 21.3 Å². The molecule has 1 aromatic carbocycles. The molecule has 0 bridgehead atoms. The standard InChI is InChI=1S/C15H16ClNOS/c1-3-15(2)13-12(8-9-18-15)17-14(19-13)10-4-6-11(16)7-5-10/h4-7H,3,8-9H2,1-2H3. The van der Waals surface area contributed by atoms with Gasteiger partial charge in [-0.1, -0.05) is 30.7 Å². The average molecular weight is 294 g/mol. The van der Waals surface area contributed by atoms with E-state index in [0.29, 0.717) is 0 Å². The number of halogens is 1. The summed E-state index contributed by atoms with van der Waals surface area (Å²) in [6.07, 6.45) is 1.89. The van der Waals surface area contributed by atoms with Gasteiger partial charge in [0.1, 0.15) is 10.6 Å². The number of nitrogens with zero attached hydrogens (tertiary/aromatic N) is 1. The second kappa shape index (κ2) is 4.89. The topological polar surface area (TPSA) is 22.1 Å². The number of hydrogen-bond donors (Lipinski definition) is 0. The summed E-state index contributed by atoms with van der Waals surface area (Å²) < 4.78 is 5.96. The molecular formula is C15H16ClNOS. The number of thiazole rings is 1. The Bertz CT molecular complexity index is 593. The summed E-state index contributed by atoms with van der Waals surface area (Å²) >= 11 is 7.68. The van der Waals surface area contributed by atoms with E-state index in [1.807, 2.05) is 24.3 Å². The fourth-order valence-corrected chi connectivity index (χ4v) is 3.77. The number of ether oxygens (including phenoxy) is 1. The third-order valence-corrected chi connectivity index (χ3v) is 5.35. The lowest BCUT2D eigenvalue weighted by molar-refractivity contribution is -0.0464. The predicted molar refractivity (Wildman–Crippen MR) is 79.9 cm³/mol. The van der Waals surface area contributed by atoms with Gasteiger partial charge in [-0.3, -0.25) is 0 Å². The highest BCUT2D eigenvalue weighted by molar-refractivity contribution is 7.15. The van der Waals surface area contributed by atoms with Gasteiger partial charge in [-0.25, -0.2) is 4.98 Å². The summed E-state index contributed by atoms with van der Waals surface area (Å²) in [5.74, 6) is 0. The van der Waals surface area contributed by atoms with Crippen LogP contribution in [-0.4, -0.2) is 11.6 Å². The van der Waals surface area contributed by atoms with Crippen LogP contribution in [0.15, 0.2) is 24.3 Å². The van der Waals surface area contributed by atoms with Crippen LogP contribution in [0.5, 0.6) is 0 Å². The summed E-state index contributed by atoms with van der Waals surface area (Å²) in [5.41, 5.74) is 2.16. The predicted octanol–water partition coefficient (Wildman–Crippen LogP) is 4.66. The molecule has 0 saturated carbocycles. The Kier molecular flexibility index (Phi) is 3.37. The van der Waals surface area contributed by atoms with Gasteiger partial charge in [-0.15, -0.1) is 11.3 Å². The van der Waals surface area contributed by atoms with Crippen molar-refractivity contribution in [3.05, 3.63) is 39.9 Å².